The van der Waals surface area contributed by atoms with Crippen LogP contribution in [0, 0.1) is 12.8 Å². The minimum atomic E-state index is 0.236. The van der Waals surface area contributed by atoms with Crippen LogP contribution in [-0.4, -0.2) is 71.5 Å². The van der Waals surface area contributed by atoms with Crippen molar-refractivity contribution in [3.63, 3.8) is 0 Å². The van der Waals surface area contributed by atoms with Gasteiger partial charge in [-0.25, -0.2) is 4.98 Å². The molecule has 1 atom stereocenters. The molecule has 0 spiro atoms. The zero-order valence-electron chi connectivity index (χ0n) is 17.3. The molecule has 0 bridgehead atoms. The normalized spacial score (nSPS) is 20.7. The van der Waals surface area contributed by atoms with E-state index >= 15 is 0 Å². The van der Waals surface area contributed by atoms with Gasteiger partial charge in [0.2, 0.25) is 5.91 Å². The molecule has 6 nitrogen and oxygen atoms in total. The van der Waals surface area contributed by atoms with Crippen LogP contribution in [0.5, 0.6) is 0 Å². The summed E-state index contributed by atoms with van der Waals surface area (Å²) in [4.78, 5) is 28.5. The van der Waals surface area contributed by atoms with E-state index < -0.39 is 0 Å². The highest BCUT2D eigenvalue weighted by molar-refractivity contribution is 5.78. The van der Waals surface area contributed by atoms with Gasteiger partial charge in [0.15, 0.2) is 0 Å². The molecule has 2 aliphatic rings. The van der Waals surface area contributed by atoms with Crippen LogP contribution >= 0.6 is 0 Å². The molecule has 0 aliphatic carbocycles. The number of aromatic nitrogens is 2. The number of rotatable bonds is 5. The quantitative estimate of drug-likeness (QED) is 0.781. The summed E-state index contributed by atoms with van der Waals surface area (Å²) in [5.41, 5.74) is 2.00. The van der Waals surface area contributed by atoms with Gasteiger partial charge in [0.25, 0.3) is 0 Å². The van der Waals surface area contributed by atoms with E-state index in [0.29, 0.717) is 12.3 Å². The average Bonchev–Trinajstić information content (AvgIpc) is 2.77. The van der Waals surface area contributed by atoms with Crippen molar-refractivity contribution in [1.29, 1.82) is 0 Å². The summed E-state index contributed by atoms with van der Waals surface area (Å²) in [5, 5.41) is 0. The second kappa shape index (κ2) is 9.35. The number of piperazine rings is 1. The van der Waals surface area contributed by atoms with Crippen LogP contribution in [-0.2, 0) is 11.2 Å². The van der Waals surface area contributed by atoms with Crippen LogP contribution in [0.15, 0.2) is 42.7 Å². The fraction of sp³-hybridized carbons (Fsp3) is 0.522. The molecule has 2 saturated heterocycles. The van der Waals surface area contributed by atoms with Gasteiger partial charge in [-0.1, -0.05) is 12.1 Å². The number of hydrogen-bond donors (Lipinski definition) is 0. The molecule has 0 aromatic carbocycles. The van der Waals surface area contributed by atoms with Crippen molar-refractivity contribution in [3.8, 4) is 0 Å². The summed E-state index contributed by atoms with van der Waals surface area (Å²) >= 11 is 0. The highest BCUT2D eigenvalue weighted by atomic mass is 16.2. The molecule has 29 heavy (non-hydrogen) atoms. The topological polar surface area (TPSA) is 52.6 Å². The lowest BCUT2D eigenvalue weighted by Crippen LogP contribution is -2.50. The lowest BCUT2D eigenvalue weighted by molar-refractivity contribution is -0.132. The first-order valence-corrected chi connectivity index (χ1v) is 10.7. The summed E-state index contributed by atoms with van der Waals surface area (Å²) in [6.07, 6.45) is 6.48. The number of anilines is 1. The maximum absolute atomic E-state index is 12.8. The van der Waals surface area contributed by atoms with Crippen molar-refractivity contribution in [2.45, 2.75) is 26.2 Å². The predicted octanol–water partition coefficient (Wildman–Crippen LogP) is 2.39. The zero-order chi connectivity index (χ0) is 20.1. The summed E-state index contributed by atoms with van der Waals surface area (Å²) < 4.78 is 0. The zero-order valence-corrected chi connectivity index (χ0v) is 17.3. The lowest BCUT2D eigenvalue weighted by atomic mass is 9.96. The van der Waals surface area contributed by atoms with E-state index in [1.54, 1.807) is 0 Å². The molecule has 154 valence electrons. The Morgan fingerprint density at radius 1 is 1.07 bits per heavy atom. The largest absolute Gasteiger partial charge is 0.354 e. The smallest absolute Gasteiger partial charge is 0.227 e. The molecule has 0 saturated carbocycles. The predicted molar refractivity (Wildman–Crippen MR) is 115 cm³/mol. The molecule has 2 aliphatic heterocycles. The second-order valence-corrected chi connectivity index (χ2v) is 8.31. The van der Waals surface area contributed by atoms with Gasteiger partial charge in [0.05, 0.1) is 6.42 Å². The van der Waals surface area contributed by atoms with E-state index in [2.05, 4.69) is 36.8 Å². The molecular weight excluding hydrogens is 362 g/mol. The molecular formula is C23H31N5O. The van der Waals surface area contributed by atoms with Gasteiger partial charge < -0.3 is 9.80 Å². The average molecular weight is 394 g/mol. The fourth-order valence-corrected chi connectivity index (χ4v) is 4.40. The van der Waals surface area contributed by atoms with Crippen molar-refractivity contribution >= 4 is 11.7 Å². The Labute approximate surface area is 173 Å². The molecule has 2 aromatic rings. The van der Waals surface area contributed by atoms with Crippen molar-refractivity contribution in [1.82, 2.24) is 19.8 Å². The van der Waals surface area contributed by atoms with E-state index in [9.17, 15) is 4.79 Å². The van der Waals surface area contributed by atoms with Crippen LogP contribution in [0.25, 0.3) is 0 Å². The van der Waals surface area contributed by atoms with E-state index in [4.69, 9.17) is 0 Å². The van der Waals surface area contributed by atoms with Gasteiger partial charge in [-0.05, 0) is 49.4 Å². The second-order valence-electron chi connectivity index (χ2n) is 8.31. The number of carbonyl (C=O) groups is 1. The van der Waals surface area contributed by atoms with Gasteiger partial charge in [0.1, 0.15) is 5.82 Å². The molecule has 1 unspecified atom stereocenters. The number of hydrogen-bond acceptors (Lipinski definition) is 5. The lowest BCUT2D eigenvalue weighted by Gasteiger charge is -2.39. The number of pyridine rings is 2. The number of likely N-dealkylation sites (tertiary alicyclic amines) is 1. The Balaban J connectivity index is 1.25. The molecule has 0 radical (unpaired) electrons. The molecule has 1 amide bonds. The van der Waals surface area contributed by atoms with Crippen LogP contribution in [0.3, 0.4) is 0 Å². The summed E-state index contributed by atoms with van der Waals surface area (Å²) in [6.45, 7) is 9.01. The first-order chi connectivity index (χ1) is 14.2. The highest BCUT2D eigenvalue weighted by Crippen LogP contribution is 2.20. The maximum Gasteiger partial charge on any atom is 0.227 e. The highest BCUT2D eigenvalue weighted by Gasteiger charge is 2.27. The van der Waals surface area contributed by atoms with Crippen molar-refractivity contribution in [2.24, 2.45) is 5.92 Å². The first-order valence-electron chi connectivity index (χ1n) is 10.7. The maximum atomic E-state index is 12.8. The standard InChI is InChI=1S/C23H31N5O/c1-19-7-8-20(16-25-19)15-23(29)28-10-4-5-21(18-28)17-26-11-13-27(14-12-26)22-6-2-3-9-24-22/h2-3,6-9,16,21H,4-5,10-15,17-18H2,1H3. The number of carbonyl (C=O) groups excluding carboxylic acids is 1. The molecule has 2 aromatic heterocycles. The third kappa shape index (κ3) is 5.32. The summed E-state index contributed by atoms with van der Waals surface area (Å²) in [6, 6.07) is 10.1. The molecule has 4 rings (SSSR count). The SMILES string of the molecule is Cc1ccc(CC(=O)N2CCCC(CN3CCN(c4ccccn4)CC3)C2)cn1. The van der Waals surface area contributed by atoms with Crippen molar-refractivity contribution in [3.05, 3.63) is 54.0 Å². The third-order valence-corrected chi connectivity index (χ3v) is 6.06. The summed E-state index contributed by atoms with van der Waals surface area (Å²) in [7, 11) is 0. The van der Waals surface area contributed by atoms with Gasteiger partial charge >= 0.3 is 0 Å². The van der Waals surface area contributed by atoms with Gasteiger partial charge in [-0.2, -0.15) is 0 Å². The van der Waals surface area contributed by atoms with E-state index in [0.717, 1.165) is 69.3 Å². The number of piperidine rings is 1. The van der Waals surface area contributed by atoms with E-state index in [1.165, 1.54) is 6.42 Å². The van der Waals surface area contributed by atoms with Crippen LogP contribution in [0.4, 0.5) is 5.82 Å². The Morgan fingerprint density at radius 2 is 1.93 bits per heavy atom. The number of amides is 1. The number of nitrogens with zero attached hydrogens (tertiary/aromatic N) is 5. The minimum absolute atomic E-state index is 0.236. The van der Waals surface area contributed by atoms with Crippen molar-refractivity contribution in [2.75, 3.05) is 50.7 Å². The Kier molecular flexibility index (Phi) is 6.39. The molecule has 0 N–H and O–H groups in total. The van der Waals surface area contributed by atoms with E-state index in [-0.39, 0.29) is 5.91 Å². The Hall–Kier alpha value is -2.47. The summed E-state index contributed by atoms with van der Waals surface area (Å²) in [5.74, 6) is 1.89. The van der Waals surface area contributed by atoms with Crippen LogP contribution < -0.4 is 4.90 Å². The van der Waals surface area contributed by atoms with Crippen molar-refractivity contribution < 1.29 is 4.79 Å². The van der Waals surface area contributed by atoms with Crippen LogP contribution in [0.2, 0.25) is 0 Å². The van der Waals surface area contributed by atoms with Gasteiger partial charge in [-0.3, -0.25) is 14.7 Å². The molecule has 6 heteroatoms. The number of aryl methyl sites for hydroxylation is 1. The van der Waals surface area contributed by atoms with Gasteiger partial charge in [0, 0.05) is 63.9 Å². The molecule has 4 heterocycles. The van der Waals surface area contributed by atoms with Gasteiger partial charge in [-0.15, -0.1) is 0 Å². The third-order valence-electron chi connectivity index (χ3n) is 6.06. The van der Waals surface area contributed by atoms with Crippen LogP contribution in [0.1, 0.15) is 24.1 Å². The van der Waals surface area contributed by atoms with E-state index in [1.807, 2.05) is 37.5 Å². The first kappa shape index (κ1) is 19.8. The monoisotopic (exact) mass is 393 g/mol. The minimum Gasteiger partial charge on any atom is -0.354 e. The fourth-order valence-electron chi connectivity index (χ4n) is 4.40. The molecule has 2 fully saturated rings. The Morgan fingerprint density at radius 3 is 2.66 bits per heavy atom. The Bertz CT molecular complexity index is 787.